The summed E-state index contributed by atoms with van der Waals surface area (Å²) in [6.07, 6.45) is 0. The fourth-order valence-corrected chi connectivity index (χ4v) is 3.68. The molecule has 0 aliphatic carbocycles. The number of benzene rings is 1. The van der Waals surface area contributed by atoms with Crippen molar-refractivity contribution >= 4 is 47.2 Å². The van der Waals surface area contributed by atoms with Crippen LogP contribution in [0.3, 0.4) is 0 Å². The fraction of sp³-hybridized carbons (Fsp3) is 0.294. The van der Waals surface area contributed by atoms with Crippen molar-refractivity contribution in [3.63, 3.8) is 0 Å². The normalized spacial score (nSPS) is 16.8. The SMILES string of the molecule is Cl.O=C(NCC(=O)N1CCNCC1c1ccccc1Cl)c1cccs1. The van der Waals surface area contributed by atoms with E-state index in [2.05, 4.69) is 10.6 Å². The van der Waals surface area contributed by atoms with Crippen LogP contribution in [0.2, 0.25) is 5.02 Å². The number of nitrogens with zero attached hydrogens (tertiary/aromatic N) is 1. The van der Waals surface area contributed by atoms with Crippen LogP contribution in [0.1, 0.15) is 21.3 Å². The molecule has 1 aromatic heterocycles. The van der Waals surface area contributed by atoms with Gasteiger partial charge < -0.3 is 15.5 Å². The summed E-state index contributed by atoms with van der Waals surface area (Å²) in [5.41, 5.74) is 0.921. The largest absolute Gasteiger partial charge is 0.342 e. The highest BCUT2D eigenvalue weighted by Gasteiger charge is 2.29. The summed E-state index contributed by atoms with van der Waals surface area (Å²) in [5, 5.41) is 8.47. The number of carbonyl (C=O) groups is 2. The molecular formula is C17H19Cl2N3O2S. The number of piperazine rings is 1. The number of rotatable bonds is 4. The molecule has 0 bridgehead atoms. The van der Waals surface area contributed by atoms with E-state index < -0.39 is 0 Å². The molecule has 2 heterocycles. The zero-order chi connectivity index (χ0) is 16.9. The van der Waals surface area contributed by atoms with Gasteiger partial charge in [0.2, 0.25) is 5.91 Å². The Bertz CT molecular complexity index is 724. The van der Waals surface area contributed by atoms with E-state index in [1.807, 2.05) is 35.7 Å². The molecule has 0 radical (unpaired) electrons. The maximum atomic E-state index is 12.6. The van der Waals surface area contributed by atoms with E-state index in [9.17, 15) is 9.59 Å². The summed E-state index contributed by atoms with van der Waals surface area (Å²) >= 11 is 7.64. The minimum Gasteiger partial charge on any atom is -0.342 e. The molecule has 0 saturated carbocycles. The number of hydrogen-bond acceptors (Lipinski definition) is 4. The first-order valence-corrected chi connectivity index (χ1v) is 8.99. The van der Waals surface area contributed by atoms with Crippen molar-refractivity contribution in [3.8, 4) is 0 Å². The van der Waals surface area contributed by atoms with Gasteiger partial charge in [0, 0.05) is 24.7 Å². The van der Waals surface area contributed by atoms with Crippen LogP contribution in [0.25, 0.3) is 0 Å². The molecule has 2 aromatic rings. The Morgan fingerprint density at radius 3 is 2.80 bits per heavy atom. The summed E-state index contributed by atoms with van der Waals surface area (Å²) in [5.74, 6) is -0.325. The van der Waals surface area contributed by atoms with E-state index in [-0.39, 0.29) is 36.8 Å². The van der Waals surface area contributed by atoms with Crippen molar-refractivity contribution < 1.29 is 9.59 Å². The minimum absolute atomic E-state index is 0. The Labute approximate surface area is 161 Å². The van der Waals surface area contributed by atoms with Crippen molar-refractivity contribution in [1.82, 2.24) is 15.5 Å². The third-order valence-corrected chi connectivity index (χ3v) is 5.19. The van der Waals surface area contributed by atoms with Crippen molar-refractivity contribution in [2.75, 3.05) is 26.2 Å². The lowest BCUT2D eigenvalue weighted by Crippen LogP contribution is -2.51. The molecule has 2 N–H and O–H groups in total. The van der Waals surface area contributed by atoms with Crippen LogP contribution in [-0.2, 0) is 4.79 Å². The van der Waals surface area contributed by atoms with Gasteiger partial charge in [-0.05, 0) is 23.1 Å². The smallest absolute Gasteiger partial charge is 0.261 e. The number of amides is 2. The Morgan fingerprint density at radius 2 is 2.08 bits per heavy atom. The van der Waals surface area contributed by atoms with E-state index in [0.717, 1.165) is 12.1 Å². The molecule has 2 amide bonds. The van der Waals surface area contributed by atoms with Gasteiger partial charge in [0.1, 0.15) is 0 Å². The van der Waals surface area contributed by atoms with Crippen LogP contribution in [0, 0.1) is 0 Å². The van der Waals surface area contributed by atoms with Gasteiger partial charge in [-0.25, -0.2) is 0 Å². The van der Waals surface area contributed by atoms with Crippen molar-refractivity contribution in [2.24, 2.45) is 0 Å². The van der Waals surface area contributed by atoms with E-state index in [1.54, 1.807) is 11.0 Å². The molecule has 1 saturated heterocycles. The first kappa shape index (κ1) is 19.7. The number of hydrogen-bond donors (Lipinski definition) is 2. The zero-order valence-corrected chi connectivity index (χ0v) is 15.8. The van der Waals surface area contributed by atoms with Crippen molar-refractivity contribution in [2.45, 2.75) is 6.04 Å². The van der Waals surface area contributed by atoms with Gasteiger partial charge in [-0.2, -0.15) is 0 Å². The van der Waals surface area contributed by atoms with Gasteiger partial charge in [0.15, 0.2) is 0 Å². The average molecular weight is 400 g/mol. The molecule has 1 aliphatic heterocycles. The van der Waals surface area contributed by atoms with E-state index in [4.69, 9.17) is 11.6 Å². The maximum Gasteiger partial charge on any atom is 0.261 e. The lowest BCUT2D eigenvalue weighted by atomic mass is 10.0. The number of thiophene rings is 1. The molecule has 1 unspecified atom stereocenters. The Hall–Kier alpha value is -1.60. The van der Waals surface area contributed by atoms with Crippen LogP contribution in [0.4, 0.5) is 0 Å². The van der Waals surface area contributed by atoms with E-state index in [0.29, 0.717) is 23.0 Å². The predicted octanol–water partition coefficient (Wildman–Crippen LogP) is 2.73. The summed E-state index contributed by atoms with van der Waals surface area (Å²) in [7, 11) is 0. The second kappa shape index (κ2) is 9.20. The number of nitrogens with one attached hydrogen (secondary N) is 2. The van der Waals surface area contributed by atoms with Crippen LogP contribution in [-0.4, -0.2) is 42.9 Å². The molecule has 1 fully saturated rings. The highest BCUT2D eigenvalue weighted by molar-refractivity contribution is 7.12. The monoisotopic (exact) mass is 399 g/mol. The first-order chi connectivity index (χ1) is 11.7. The summed E-state index contributed by atoms with van der Waals surface area (Å²) < 4.78 is 0. The molecule has 1 aromatic carbocycles. The highest BCUT2D eigenvalue weighted by atomic mass is 35.5. The molecular weight excluding hydrogens is 381 g/mol. The van der Waals surface area contributed by atoms with Gasteiger partial charge in [-0.1, -0.05) is 35.9 Å². The van der Waals surface area contributed by atoms with Crippen LogP contribution in [0.15, 0.2) is 41.8 Å². The molecule has 1 atom stereocenters. The van der Waals surface area contributed by atoms with Crippen molar-refractivity contribution in [1.29, 1.82) is 0 Å². The molecule has 1 aliphatic rings. The molecule has 3 rings (SSSR count). The third kappa shape index (κ3) is 4.73. The highest BCUT2D eigenvalue weighted by Crippen LogP contribution is 2.28. The summed E-state index contributed by atoms with van der Waals surface area (Å²) in [6.45, 7) is 1.95. The van der Waals surface area contributed by atoms with Crippen LogP contribution in [0.5, 0.6) is 0 Å². The van der Waals surface area contributed by atoms with Gasteiger partial charge in [-0.3, -0.25) is 9.59 Å². The molecule has 8 heteroatoms. The predicted molar refractivity (Wildman–Crippen MR) is 103 cm³/mol. The second-order valence-corrected chi connectivity index (χ2v) is 6.84. The van der Waals surface area contributed by atoms with E-state index >= 15 is 0 Å². The van der Waals surface area contributed by atoms with Gasteiger partial charge in [0.25, 0.3) is 5.91 Å². The topological polar surface area (TPSA) is 61.4 Å². The van der Waals surface area contributed by atoms with Crippen LogP contribution < -0.4 is 10.6 Å². The zero-order valence-electron chi connectivity index (χ0n) is 13.4. The van der Waals surface area contributed by atoms with E-state index in [1.165, 1.54) is 11.3 Å². The lowest BCUT2D eigenvalue weighted by Gasteiger charge is -2.37. The number of halogens is 2. The Kier molecular flexibility index (Phi) is 7.25. The molecule has 5 nitrogen and oxygen atoms in total. The fourth-order valence-electron chi connectivity index (χ4n) is 2.78. The minimum atomic E-state index is -0.220. The van der Waals surface area contributed by atoms with Crippen LogP contribution >= 0.6 is 35.3 Å². The molecule has 0 spiro atoms. The first-order valence-electron chi connectivity index (χ1n) is 7.73. The average Bonchev–Trinajstić information content (AvgIpc) is 3.14. The maximum absolute atomic E-state index is 12.6. The van der Waals surface area contributed by atoms with Gasteiger partial charge in [0.05, 0.1) is 17.5 Å². The summed E-state index contributed by atoms with van der Waals surface area (Å²) in [4.78, 5) is 27.0. The Morgan fingerprint density at radius 1 is 1.28 bits per heavy atom. The standard InChI is InChI=1S/C17H18ClN3O2S.ClH/c18-13-5-2-1-4-12(13)14-10-19-7-8-21(14)16(22)11-20-17(23)15-6-3-9-24-15;/h1-6,9,14,19H,7-8,10-11H2,(H,20,23);1H. The Balaban J connectivity index is 0.00000225. The van der Waals surface area contributed by atoms with Crippen molar-refractivity contribution in [3.05, 3.63) is 57.2 Å². The van der Waals surface area contributed by atoms with Gasteiger partial charge in [-0.15, -0.1) is 23.7 Å². The molecule has 134 valence electrons. The lowest BCUT2D eigenvalue weighted by molar-refractivity contribution is -0.133. The quantitative estimate of drug-likeness (QED) is 0.830. The van der Waals surface area contributed by atoms with Gasteiger partial charge >= 0.3 is 0 Å². The third-order valence-electron chi connectivity index (χ3n) is 3.97. The molecule has 25 heavy (non-hydrogen) atoms. The number of carbonyl (C=O) groups excluding carboxylic acids is 2. The summed E-state index contributed by atoms with van der Waals surface area (Å²) in [6, 6.07) is 11.0. The second-order valence-electron chi connectivity index (χ2n) is 5.49.